The van der Waals surface area contributed by atoms with Crippen LogP contribution in [0.5, 0.6) is 0 Å². The summed E-state index contributed by atoms with van der Waals surface area (Å²) in [6.07, 6.45) is 3.44. The highest BCUT2D eigenvalue weighted by Crippen LogP contribution is 2.32. The third-order valence-corrected chi connectivity index (χ3v) is 5.58. The van der Waals surface area contributed by atoms with E-state index < -0.39 is 0 Å². The summed E-state index contributed by atoms with van der Waals surface area (Å²) in [7, 11) is 2.15. The molecule has 0 bridgehead atoms. The fourth-order valence-electron chi connectivity index (χ4n) is 4.15. The van der Waals surface area contributed by atoms with Crippen LogP contribution in [0.15, 0.2) is 18.2 Å². The minimum atomic E-state index is 0.311. The quantitative estimate of drug-likeness (QED) is 0.853. The van der Waals surface area contributed by atoms with Gasteiger partial charge in [0, 0.05) is 41.1 Å². The predicted octanol–water partition coefficient (Wildman–Crippen LogP) is 2.95. The lowest BCUT2D eigenvalue weighted by Crippen LogP contribution is -2.31. The van der Waals surface area contributed by atoms with Gasteiger partial charge >= 0.3 is 0 Å². The van der Waals surface area contributed by atoms with Crippen molar-refractivity contribution in [2.24, 2.45) is 0 Å². The number of rotatable bonds is 4. The van der Waals surface area contributed by atoms with Crippen LogP contribution in [0.1, 0.15) is 24.1 Å². The second kappa shape index (κ2) is 6.51. The van der Waals surface area contributed by atoms with E-state index in [1.54, 1.807) is 0 Å². The van der Waals surface area contributed by atoms with Gasteiger partial charge in [0.05, 0.1) is 13.1 Å². The average Bonchev–Trinajstić information content (AvgIpc) is 3.15. The maximum atomic E-state index is 12.6. The van der Waals surface area contributed by atoms with Crippen LogP contribution in [0.25, 0.3) is 10.9 Å². The van der Waals surface area contributed by atoms with Crippen LogP contribution in [0.3, 0.4) is 0 Å². The summed E-state index contributed by atoms with van der Waals surface area (Å²) in [6, 6.07) is 6.05. The van der Waals surface area contributed by atoms with Gasteiger partial charge in [-0.3, -0.25) is 9.69 Å². The number of halogens is 1. The highest BCUT2D eigenvalue weighted by Gasteiger charge is 2.24. The van der Waals surface area contributed by atoms with Crippen molar-refractivity contribution in [3.63, 3.8) is 0 Å². The summed E-state index contributed by atoms with van der Waals surface area (Å²) in [6.45, 7) is 5.17. The number of aromatic nitrogens is 1. The Morgan fingerprint density at radius 1 is 1.17 bits per heavy atom. The molecule has 3 heterocycles. The lowest BCUT2D eigenvalue weighted by Gasteiger charge is -2.24. The van der Waals surface area contributed by atoms with E-state index in [0.717, 1.165) is 43.1 Å². The van der Waals surface area contributed by atoms with Crippen LogP contribution in [-0.4, -0.2) is 53.4 Å². The molecule has 0 aliphatic carbocycles. The fraction of sp³-hybridized carbons (Fsp3) is 0.526. The first-order valence-electron chi connectivity index (χ1n) is 8.84. The maximum Gasteiger partial charge on any atom is 0.166 e. The predicted molar refractivity (Wildman–Crippen MR) is 97.7 cm³/mol. The number of carbonyl (C=O) groups is 1. The first-order chi connectivity index (χ1) is 11.6. The molecule has 1 aromatic carbocycles. The largest absolute Gasteiger partial charge is 0.337 e. The zero-order valence-electron chi connectivity index (χ0n) is 14.2. The number of ketones is 1. The molecule has 1 saturated heterocycles. The Balaban J connectivity index is 1.68. The fourth-order valence-corrected chi connectivity index (χ4v) is 4.33. The van der Waals surface area contributed by atoms with Gasteiger partial charge in [-0.1, -0.05) is 11.6 Å². The summed E-state index contributed by atoms with van der Waals surface area (Å²) >= 11 is 6.23. The number of Topliss-reactive ketones (excluding diaryl/α,β-unsaturated/α-hetero) is 1. The highest BCUT2D eigenvalue weighted by molar-refractivity contribution is 6.31. The number of fused-ring (bicyclic) bond motifs is 3. The molecule has 0 spiro atoms. The van der Waals surface area contributed by atoms with Gasteiger partial charge in [-0.25, -0.2) is 0 Å². The van der Waals surface area contributed by atoms with Crippen LogP contribution in [-0.2, 0) is 24.3 Å². The van der Waals surface area contributed by atoms with E-state index in [0.29, 0.717) is 18.9 Å². The number of hydrogen-bond acceptors (Lipinski definition) is 3. The first-order valence-corrected chi connectivity index (χ1v) is 9.22. The van der Waals surface area contributed by atoms with Crippen molar-refractivity contribution in [1.82, 2.24) is 14.4 Å². The molecular weight excluding hydrogens is 322 g/mol. The molecule has 2 aromatic rings. The van der Waals surface area contributed by atoms with E-state index in [2.05, 4.69) is 33.5 Å². The SMILES string of the molecule is CN1CCc2c(c3cc(Cl)ccc3n2CC(=O)CN2CCCC2)C1. The molecule has 1 fully saturated rings. The average molecular weight is 346 g/mol. The molecule has 0 saturated carbocycles. The minimum Gasteiger partial charge on any atom is -0.337 e. The van der Waals surface area contributed by atoms with Crippen molar-refractivity contribution in [2.75, 3.05) is 33.2 Å². The van der Waals surface area contributed by atoms with Crippen molar-refractivity contribution < 1.29 is 4.79 Å². The van der Waals surface area contributed by atoms with E-state index in [1.807, 2.05) is 6.07 Å². The molecule has 0 radical (unpaired) electrons. The van der Waals surface area contributed by atoms with Crippen molar-refractivity contribution in [3.05, 3.63) is 34.5 Å². The molecule has 24 heavy (non-hydrogen) atoms. The summed E-state index contributed by atoms with van der Waals surface area (Å²) < 4.78 is 2.24. The topological polar surface area (TPSA) is 28.5 Å². The maximum absolute atomic E-state index is 12.6. The van der Waals surface area contributed by atoms with Gasteiger partial charge in [-0.2, -0.15) is 0 Å². The second-order valence-electron chi connectivity index (χ2n) is 7.18. The monoisotopic (exact) mass is 345 g/mol. The van der Waals surface area contributed by atoms with E-state index in [4.69, 9.17) is 11.6 Å². The van der Waals surface area contributed by atoms with Crippen LogP contribution in [0.4, 0.5) is 0 Å². The van der Waals surface area contributed by atoms with Crippen molar-refractivity contribution >= 4 is 28.3 Å². The van der Waals surface area contributed by atoms with Gasteiger partial charge < -0.3 is 9.47 Å². The molecule has 2 aliphatic rings. The van der Waals surface area contributed by atoms with Crippen LogP contribution < -0.4 is 0 Å². The van der Waals surface area contributed by atoms with Gasteiger partial charge in [0.15, 0.2) is 5.78 Å². The van der Waals surface area contributed by atoms with Crippen molar-refractivity contribution in [3.8, 4) is 0 Å². The minimum absolute atomic E-state index is 0.311. The van der Waals surface area contributed by atoms with Crippen LogP contribution >= 0.6 is 11.6 Å². The standard InChI is InChI=1S/C19H24ClN3O/c1-21-9-6-19-17(13-21)16-10-14(20)4-5-18(16)23(19)12-15(24)11-22-7-2-3-8-22/h4-5,10H,2-3,6-9,11-13H2,1H3. The van der Waals surface area contributed by atoms with Crippen molar-refractivity contribution in [2.45, 2.75) is 32.4 Å². The molecular formula is C19H24ClN3O. The van der Waals surface area contributed by atoms with E-state index in [-0.39, 0.29) is 0 Å². The van der Waals surface area contributed by atoms with Crippen LogP contribution in [0, 0.1) is 0 Å². The number of likely N-dealkylation sites (tertiary alicyclic amines) is 1. The Labute approximate surface area is 148 Å². The molecule has 0 atom stereocenters. The van der Waals surface area contributed by atoms with Crippen LogP contribution in [0.2, 0.25) is 5.02 Å². The van der Waals surface area contributed by atoms with Gasteiger partial charge in [-0.15, -0.1) is 0 Å². The Hall–Kier alpha value is -1.36. The lowest BCUT2D eigenvalue weighted by atomic mass is 10.1. The number of carbonyl (C=O) groups excluding carboxylic acids is 1. The summed E-state index contributed by atoms with van der Waals surface area (Å²) in [5.41, 5.74) is 3.81. The normalized spacial score (nSPS) is 19.1. The van der Waals surface area contributed by atoms with E-state index >= 15 is 0 Å². The molecule has 0 N–H and O–H groups in total. The number of hydrogen-bond donors (Lipinski definition) is 0. The molecule has 1 aromatic heterocycles. The zero-order valence-corrected chi connectivity index (χ0v) is 15.0. The zero-order chi connectivity index (χ0) is 16.7. The lowest BCUT2D eigenvalue weighted by molar-refractivity contribution is -0.120. The highest BCUT2D eigenvalue weighted by atomic mass is 35.5. The molecule has 5 heteroatoms. The van der Waals surface area contributed by atoms with E-state index in [9.17, 15) is 4.79 Å². The molecule has 128 valence electrons. The second-order valence-corrected chi connectivity index (χ2v) is 7.62. The first kappa shape index (κ1) is 16.1. The Bertz CT molecular complexity index is 777. The number of nitrogens with zero attached hydrogens (tertiary/aromatic N) is 3. The van der Waals surface area contributed by atoms with Gasteiger partial charge in [0.2, 0.25) is 0 Å². The van der Waals surface area contributed by atoms with Gasteiger partial charge in [0.1, 0.15) is 0 Å². The molecule has 4 rings (SSSR count). The Morgan fingerprint density at radius 3 is 2.75 bits per heavy atom. The summed E-state index contributed by atoms with van der Waals surface area (Å²) in [5.74, 6) is 0.311. The van der Waals surface area contributed by atoms with E-state index in [1.165, 1.54) is 29.5 Å². The van der Waals surface area contributed by atoms with Crippen molar-refractivity contribution in [1.29, 1.82) is 0 Å². The van der Waals surface area contributed by atoms with Gasteiger partial charge in [-0.05, 0) is 56.7 Å². The smallest absolute Gasteiger partial charge is 0.166 e. The molecule has 0 unspecified atom stereocenters. The number of benzene rings is 1. The van der Waals surface area contributed by atoms with Gasteiger partial charge in [0.25, 0.3) is 0 Å². The summed E-state index contributed by atoms with van der Waals surface area (Å²) in [4.78, 5) is 17.2. The Morgan fingerprint density at radius 2 is 1.96 bits per heavy atom. The molecule has 0 amide bonds. The molecule has 2 aliphatic heterocycles. The summed E-state index contributed by atoms with van der Waals surface area (Å²) in [5, 5.41) is 1.97. The Kier molecular flexibility index (Phi) is 4.37. The molecule has 4 nitrogen and oxygen atoms in total. The third-order valence-electron chi connectivity index (χ3n) is 5.34. The third kappa shape index (κ3) is 2.99. The number of likely N-dealkylation sites (N-methyl/N-ethyl adjacent to an activating group) is 1.